The molecule has 2 amide bonds. The summed E-state index contributed by atoms with van der Waals surface area (Å²) in [6, 6.07) is 13.6. The Morgan fingerprint density at radius 3 is 2.56 bits per heavy atom. The molecule has 0 unspecified atom stereocenters. The predicted octanol–water partition coefficient (Wildman–Crippen LogP) is 3.95. The lowest BCUT2D eigenvalue weighted by Crippen LogP contribution is -2.30. The fourth-order valence-electron chi connectivity index (χ4n) is 3.13. The number of aryl methyl sites for hydroxylation is 1. The van der Waals surface area contributed by atoms with Crippen molar-refractivity contribution in [3.05, 3.63) is 71.4 Å². The van der Waals surface area contributed by atoms with E-state index in [1.165, 1.54) is 11.8 Å². The van der Waals surface area contributed by atoms with Crippen molar-refractivity contribution in [2.75, 3.05) is 25.0 Å². The number of aromatic nitrogens is 2. The number of anilines is 1. The van der Waals surface area contributed by atoms with Crippen LogP contribution in [-0.2, 0) is 15.3 Å². The Bertz CT molecular complexity index is 1160. The zero-order chi connectivity index (χ0) is 24.5. The van der Waals surface area contributed by atoms with Gasteiger partial charge in [0.25, 0.3) is 11.8 Å². The van der Waals surface area contributed by atoms with Crippen LogP contribution < -0.4 is 5.32 Å². The first-order valence-corrected chi connectivity index (χ1v) is 11.8. The van der Waals surface area contributed by atoms with Crippen LogP contribution in [0, 0.1) is 6.92 Å². The van der Waals surface area contributed by atoms with E-state index in [0.29, 0.717) is 52.3 Å². The van der Waals surface area contributed by atoms with E-state index in [1.54, 1.807) is 60.4 Å². The highest BCUT2D eigenvalue weighted by molar-refractivity contribution is 7.98. The smallest absolute Gasteiger partial charge is 0.339 e. The number of hydrogen-bond acceptors (Lipinski definition) is 8. The number of hydrogen-bond donors (Lipinski definition) is 1. The lowest BCUT2D eigenvalue weighted by molar-refractivity contribution is -0.119. The van der Waals surface area contributed by atoms with E-state index in [4.69, 9.17) is 9.26 Å². The molecule has 3 aromatic rings. The molecule has 0 aliphatic heterocycles. The molecule has 178 valence electrons. The van der Waals surface area contributed by atoms with Gasteiger partial charge >= 0.3 is 5.97 Å². The zero-order valence-corrected chi connectivity index (χ0v) is 20.1. The molecule has 1 heterocycles. The predicted molar refractivity (Wildman–Crippen MR) is 128 cm³/mol. The molecule has 0 bridgehead atoms. The van der Waals surface area contributed by atoms with Gasteiger partial charge in [-0.2, -0.15) is 4.98 Å². The number of esters is 1. The quantitative estimate of drug-likeness (QED) is 0.341. The molecule has 2 aromatic carbocycles. The van der Waals surface area contributed by atoms with Crippen molar-refractivity contribution in [1.82, 2.24) is 15.0 Å². The number of benzene rings is 2. The third-order valence-corrected chi connectivity index (χ3v) is 5.86. The van der Waals surface area contributed by atoms with Gasteiger partial charge in [-0.3, -0.25) is 9.59 Å². The molecule has 3 rings (SSSR count). The van der Waals surface area contributed by atoms with Crippen molar-refractivity contribution < 1.29 is 23.6 Å². The molecule has 10 heteroatoms. The van der Waals surface area contributed by atoms with Crippen molar-refractivity contribution in [2.45, 2.75) is 31.4 Å². The molecule has 0 saturated carbocycles. The van der Waals surface area contributed by atoms with Gasteiger partial charge < -0.3 is 19.5 Å². The number of rotatable bonds is 10. The van der Waals surface area contributed by atoms with Gasteiger partial charge in [0.2, 0.25) is 5.89 Å². The van der Waals surface area contributed by atoms with E-state index in [2.05, 4.69) is 15.5 Å². The standard InChI is InChI=1S/C24H26N4O5S/c1-4-28(5-2)23(30)17-9-8-10-18(13-17)26-21(29)14-32-24(31)19-11-6-7-12-20(19)34-15-22-25-16(3)27-33-22/h6-13H,4-5,14-15H2,1-3H3,(H,26,29). The van der Waals surface area contributed by atoms with Gasteiger partial charge in [-0.1, -0.05) is 23.4 Å². The average molecular weight is 483 g/mol. The van der Waals surface area contributed by atoms with Crippen LogP contribution in [0.25, 0.3) is 0 Å². The first-order chi connectivity index (χ1) is 16.4. The maximum Gasteiger partial charge on any atom is 0.339 e. The second-order valence-corrected chi connectivity index (χ2v) is 8.22. The van der Waals surface area contributed by atoms with E-state index in [0.717, 1.165) is 0 Å². The van der Waals surface area contributed by atoms with Crippen molar-refractivity contribution in [2.24, 2.45) is 0 Å². The monoisotopic (exact) mass is 482 g/mol. The van der Waals surface area contributed by atoms with E-state index in [1.807, 2.05) is 13.8 Å². The van der Waals surface area contributed by atoms with Crippen LogP contribution in [0.4, 0.5) is 5.69 Å². The highest BCUT2D eigenvalue weighted by atomic mass is 32.2. The van der Waals surface area contributed by atoms with Crippen LogP contribution in [0.5, 0.6) is 0 Å². The summed E-state index contributed by atoms with van der Waals surface area (Å²) in [5.41, 5.74) is 1.26. The lowest BCUT2D eigenvalue weighted by Gasteiger charge is -2.19. The van der Waals surface area contributed by atoms with Gasteiger partial charge in [0.05, 0.1) is 11.3 Å². The Balaban J connectivity index is 1.57. The van der Waals surface area contributed by atoms with Crippen LogP contribution >= 0.6 is 11.8 Å². The second-order valence-electron chi connectivity index (χ2n) is 7.20. The fourth-order valence-corrected chi connectivity index (χ4v) is 4.01. The van der Waals surface area contributed by atoms with Crippen molar-refractivity contribution in [3.63, 3.8) is 0 Å². The summed E-state index contributed by atoms with van der Waals surface area (Å²) in [6.45, 7) is 6.27. The van der Waals surface area contributed by atoms with Gasteiger partial charge in [-0.05, 0) is 51.1 Å². The average Bonchev–Trinajstić information content (AvgIpc) is 3.27. The Morgan fingerprint density at radius 1 is 1.09 bits per heavy atom. The minimum absolute atomic E-state index is 0.114. The summed E-state index contributed by atoms with van der Waals surface area (Å²) in [5.74, 6) is 0.146. The third-order valence-electron chi connectivity index (χ3n) is 4.81. The first-order valence-electron chi connectivity index (χ1n) is 10.8. The molecule has 1 aromatic heterocycles. The number of nitrogens with one attached hydrogen (secondary N) is 1. The van der Waals surface area contributed by atoms with Crippen LogP contribution in [0.1, 0.15) is 46.3 Å². The number of carbonyl (C=O) groups is 3. The lowest BCUT2D eigenvalue weighted by atomic mass is 10.1. The van der Waals surface area contributed by atoms with Crippen LogP contribution in [-0.4, -0.2) is 52.5 Å². The molecule has 0 atom stereocenters. The van der Waals surface area contributed by atoms with E-state index in [-0.39, 0.29) is 5.91 Å². The Kier molecular flexibility index (Phi) is 8.80. The SMILES string of the molecule is CCN(CC)C(=O)c1cccc(NC(=O)COC(=O)c2ccccc2SCc2nc(C)no2)c1. The van der Waals surface area contributed by atoms with Crippen molar-refractivity contribution in [3.8, 4) is 0 Å². The van der Waals surface area contributed by atoms with Gasteiger partial charge in [0.15, 0.2) is 12.4 Å². The summed E-state index contributed by atoms with van der Waals surface area (Å²) in [4.78, 5) is 44.0. The summed E-state index contributed by atoms with van der Waals surface area (Å²) in [7, 11) is 0. The molecule has 0 radical (unpaired) electrons. The second kappa shape index (κ2) is 12.0. The minimum Gasteiger partial charge on any atom is -0.452 e. The Morgan fingerprint density at radius 2 is 1.85 bits per heavy atom. The molecule has 0 fully saturated rings. The van der Waals surface area contributed by atoms with E-state index >= 15 is 0 Å². The summed E-state index contributed by atoms with van der Waals surface area (Å²) >= 11 is 1.36. The maximum absolute atomic E-state index is 12.6. The van der Waals surface area contributed by atoms with Crippen molar-refractivity contribution in [1.29, 1.82) is 0 Å². The van der Waals surface area contributed by atoms with Gasteiger partial charge in [0, 0.05) is 29.2 Å². The molecule has 0 spiro atoms. The number of nitrogens with zero attached hydrogens (tertiary/aromatic N) is 3. The number of amides is 2. The molecule has 34 heavy (non-hydrogen) atoms. The van der Waals surface area contributed by atoms with Gasteiger partial charge in [0.1, 0.15) is 0 Å². The fraction of sp³-hybridized carbons (Fsp3) is 0.292. The normalized spacial score (nSPS) is 10.6. The number of carbonyl (C=O) groups excluding carboxylic acids is 3. The highest BCUT2D eigenvalue weighted by Crippen LogP contribution is 2.26. The molecule has 1 N–H and O–H groups in total. The molecular weight excluding hydrogens is 456 g/mol. The van der Waals surface area contributed by atoms with Crippen LogP contribution in [0.2, 0.25) is 0 Å². The van der Waals surface area contributed by atoms with E-state index < -0.39 is 18.5 Å². The molecular formula is C24H26N4O5S. The Labute approximate surface area is 201 Å². The number of ether oxygens (including phenoxy) is 1. The summed E-state index contributed by atoms with van der Waals surface area (Å²) in [6.07, 6.45) is 0. The largest absolute Gasteiger partial charge is 0.452 e. The third kappa shape index (κ3) is 6.67. The molecule has 0 aliphatic carbocycles. The van der Waals surface area contributed by atoms with Crippen LogP contribution in [0.3, 0.4) is 0 Å². The maximum atomic E-state index is 12.6. The topological polar surface area (TPSA) is 115 Å². The zero-order valence-electron chi connectivity index (χ0n) is 19.2. The Hall–Kier alpha value is -3.66. The molecule has 0 aliphatic rings. The van der Waals surface area contributed by atoms with E-state index in [9.17, 15) is 14.4 Å². The van der Waals surface area contributed by atoms with Crippen molar-refractivity contribution >= 4 is 35.2 Å². The first kappa shape index (κ1) is 25.0. The summed E-state index contributed by atoms with van der Waals surface area (Å²) < 4.78 is 10.3. The molecule has 9 nitrogen and oxygen atoms in total. The molecule has 0 saturated heterocycles. The van der Waals surface area contributed by atoms with Gasteiger partial charge in [-0.15, -0.1) is 11.8 Å². The van der Waals surface area contributed by atoms with Crippen LogP contribution in [0.15, 0.2) is 57.9 Å². The number of thioether (sulfide) groups is 1. The highest BCUT2D eigenvalue weighted by Gasteiger charge is 2.17. The van der Waals surface area contributed by atoms with Gasteiger partial charge in [-0.25, -0.2) is 4.79 Å². The minimum atomic E-state index is -0.620. The summed E-state index contributed by atoms with van der Waals surface area (Å²) in [5, 5.41) is 6.41.